The fraction of sp³-hybridized carbons (Fsp3) is 0.350. The molecule has 0 bridgehead atoms. The molecule has 1 saturated heterocycles. The summed E-state index contributed by atoms with van der Waals surface area (Å²) in [6.45, 7) is 1.27. The third-order valence-electron chi connectivity index (χ3n) is 4.03. The highest BCUT2D eigenvalue weighted by molar-refractivity contribution is 5.91. The third-order valence-corrected chi connectivity index (χ3v) is 4.03. The highest BCUT2D eigenvalue weighted by Gasteiger charge is 2.16. The second-order valence-electron chi connectivity index (χ2n) is 5.96. The van der Waals surface area contributed by atoms with E-state index in [4.69, 9.17) is 18.9 Å². The van der Waals surface area contributed by atoms with Crippen LogP contribution in [0.25, 0.3) is 0 Å². The smallest absolute Gasteiger partial charge is 0.262 e. The molecule has 2 aromatic carbocycles. The zero-order valence-corrected chi connectivity index (χ0v) is 14.8. The first kappa shape index (κ1) is 18.1. The van der Waals surface area contributed by atoms with Gasteiger partial charge in [0.25, 0.3) is 5.91 Å². The minimum Gasteiger partial charge on any atom is -0.493 e. The van der Waals surface area contributed by atoms with Gasteiger partial charge < -0.3 is 24.3 Å². The molecule has 1 heterocycles. The minimum absolute atomic E-state index is 0.0996. The molecule has 1 unspecified atom stereocenters. The number of amides is 1. The topological polar surface area (TPSA) is 66.0 Å². The molecule has 0 aromatic heterocycles. The number of methoxy groups -OCH3 is 1. The average Bonchev–Trinajstić information content (AvgIpc) is 3.20. The Bertz CT molecular complexity index is 710. The van der Waals surface area contributed by atoms with Gasteiger partial charge in [-0.05, 0) is 49.2 Å². The summed E-state index contributed by atoms with van der Waals surface area (Å²) in [6, 6.07) is 14.4. The molecule has 0 aliphatic carbocycles. The largest absolute Gasteiger partial charge is 0.493 e. The first-order chi connectivity index (χ1) is 12.7. The summed E-state index contributed by atoms with van der Waals surface area (Å²) in [6.07, 6.45) is 2.32. The van der Waals surface area contributed by atoms with Gasteiger partial charge in [-0.2, -0.15) is 0 Å². The predicted molar refractivity (Wildman–Crippen MR) is 98.0 cm³/mol. The van der Waals surface area contributed by atoms with Crippen molar-refractivity contribution in [1.82, 2.24) is 0 Å². The van der Waals surface area contributed by atoms with E-state index in [1.807, 2.05) is 24.3 Å². The Morgan fingerprint density at radius 2 is 1.88 bits per heavy atom. The van der Waals surface area contributed by atoms with Crippen LogP contribution in [0.15, 0.2) is 48.5 Å². The second-order valence-corrected chi connectivity index (χ2v) is 5.96. The Morgan fingerprint density at radius 1 is 1.12 bits per heavy atom. The van der Waals surface area contributed by atoms with Crippen LogP contribution in [0, 0.1) is 0 Å². The van der Waals surface area contributed by atoms with Crippen LogP contribution in [0.4, 0.5) is 5.69 Å². The average molecular weight is 357 g/mol. The van der Waals surface area contributed by atoms with Gasteiger partial charge in [0, 0.05) is 12.3 Å². The van der Waals surface area contributed by atoms with Gasteiger partial charge in [-0.25, -0.2) is 0 Å². The lowest BCUT2D eigenvalue weighted by molar-refractivity contribution is -0.118. The first-order valence-corrected chi connectivity index (χ1v) is 8.65. The summed E-state index contributed by atoms with van der Waals surface area (Å²) in [5.74, 6) is 1.63. The Hall–Kier alpha value is -2.73. The van der Waals surface area contributed by atoms with Gasteiger partial charge in [0.05, 0.1) is 13.2 Å². The van der Waals surface area contributed by atoms with Crippen LogP contribution in [0.5, 0.6) is 17.2 Å². The molecule has 0 spiro atoms. The van der Waals surface area contributed by atoms with Crippen LogP contribution in [0.3, 0.4) is 0 Å². The third kappa shape index (κ3) is 5.13. The number of para-hydroxylation sites is 2. The number of anilines is 1. The molecular weight excluding hydrogens is 334 g/mol. The van der Waals surface area contributed by atoms with Crippen LogP contribution in [-0.4, -0.2) is 38.9 Å². The van der Waals surface area contributed by atoms with Gasteiger partial charge in [0.1, 0.15) is 12.4 Å². The van der Waals surface area contributed by atoms with Gasteiger partial charge in [-0.3, -0.25) is 4.79 Å². The van der Waals surface area contributed by atoms with Crippen molar-refractivity contribution < 1.29 is 23.7 Å². The molecule has 6 heteroatoms. The summed E-state index contributed by atoms with van der Waals surface area (Å²) in [5, 5.41) is 2.79. The van der Waals surface area contributed by atoms with Crippen molar-refractivity contribution in [1.29, 1.82) is 0 Å². The molecular formula is C20H23NO5. The van der Waals surface area contributed by atoms with E-state index >= 15 is 0 Å². The molecule has 0 radical (unpaired) electrons. The zero-order chi connectivity index (χ0) is 18.2. The molecule has 1 aliphatic rings. The van der Waals surface area contributed by atoms with E-state index in [1.54, 1.807) is 31.4 Å². The quantitative estimate of drug-likeness (QED) is 0.785. The van der Waals surface area contributed by atoms with Gasteiger partial charge in [-0.15, -0.1) is 0 Å². The Labute approximate surface area is 153 Å². The van der Waals surface area contributed by atoms with E-state index in [0.29, 0.717) is 23.8 Å². The maximum Gasteiger partial charge on any atom is 0.262 e. The number of hydrogen-bond donors (Lipinski definition) is 1. The molecule has 1 amide bonds. The summed E-state index contributed by atoms with van der Waals surface area (Å²) < 4.78 is 21.9. The molecule has 1 atom stereocenters. The monoisotopic (exact) mass is 357 g/mol. The Morgan fingerprint density at radius 3 is 2.58 bits per heavy atom. The van der Waals surface area contributed by atoms with Crippen molar-refractivity contribution in [3.05, 3.63) is 48.5 Å². The Balaban J connectivity index is 1.45. The van der Waals surface area contributed by atoms with Crippen molar-refractivity contribution >= 4 is 11.6 Å². The maximum absolute atomic E-state index is 12.0. The first-order valence-electron chi connectivity index (χ1n) is 8.65. The van der Waals surface area contributed by atoms with Crippen molar-refractivity contribution in [3.8, 4) is 17.2 Å². The normalized spacial score (nSPS) is 16.1. The van der Waals surface area contributed by atoms with Crippen LogP contribution >= 0.6 is 0 Å². The van der Waals surface area contributed by atoms with Crippen LogP contribution in [0.1, 0.15) is 12.8 Å². The summed E-state index contributed by atoms with van der Waals surface area (Å²) in [7, 11) is 1.56. The molecule has 0 saturated carbocycles. The number of carbonyl (C=O) groups excluding carboxylic acids is 1. The van der Waals surface area contributed by atoms with E-state index in [0.717, 1.165) is 25.2 Å². The lowest BCUT2D eigenvalue weighted by Crippen LogP contribution is -2.20. The van der Waals surface area contributed by atoms with Gasteiger partial charge >= 0.3 is 0 Å². The fourth-order valence-electron chi connectivity index (χ4n) is 2.68. The van der Waals surface area contributed by atoms with E-state index in [2.05, 4.69) is 5.32 Å². The summed E-state index contributed by atoms with van der Waals surface area (Å²) in [4.78, 5) is 12.0. The number of carbonyl (C=O) groups is 1. The zero-order valence-electron chi connectivity index (χ0n) is 14.8. The summed E-state index contributed by atoms with van der Waals surface area (Å²) >= 11 is 0. The lowest BCUT2D eigenvalue weighted by atomic mass is 10.2. The number of benzene rings is 2. The highest BCUT2D eigenvalue weighted by Crippen LogP contribution is 2.25. The summed E-state index contributed by atoms with van der Waals surface area (Å²) in [5.41, 5.74) is 0.683. The highest BCUT2D eigenvalue weighted by atomic mass is 16.5. The van der Waals surface area contributed by atoms with E-state index < -0.39 is 0 Å². The van der Waals surface area contributed by atoms with Gasteiger partial charge in [-0.1, -0.05) is 12.1 Å². The molecule has 6 nitrogen and oxygen atoms in total. The lowest BCUT2D eigenvalue weighted by Gasteiger charge is -2.12. The van der Waals surface area contributed by atoms with Crippen molar-refractivity contribution in [3.63, 3.8) is 0 Å². The van der Waals surface area contributed by atoms with E-state index in [-0.39, 0.29) is 18.6 Å². The number of hydrogen-bond acceptors (Lipinski definition) is 5. The molecule has 2 aromatic rings. The molecule has 1 aliphatic heterocycles. The number of ether oxygens (including phenoxy) is 4. The Kier molecular flexibility index (Phi) is 6.33. The maximum atomic E-state index is 12.0. The van der Waals surface area contributed by atoms with Crippen LogP contribution < -0.4 is 19.5 Å². The molecule has 1 fully saturated rings. The SMILES string of the molecule is COc1ccccc1OCC(=O)Nc1ccc(OCC2CCCO2)cc1. The molecule has 138 valence electrons. The predicted octanol–water partition coefficient (Wildman–Crippen LogP) is 3.27. The van der Waals surface area contributed by atoms with Crippen molar-refractivity contribution in [2.24, 2.45) is 0 Å². The van der Waals surface area contributed by atoms with Crippen LogP contribution in [0.2, 0.25) is 0 Å². The van der Waals surface area contributed by atoms with Crippen molar-refractivity contribution in [2.45, 2.75) is 18.9 Å². The fourth-order valence-corrected chi connectivity index (χ4v) is 2.68. The van der Waals surface area contributed by atoms with E-state index in [1.165, 1.54) is 0 Å². The molecule has 26 heavy (non-hydrogen) atoms. The van der Waals surface area contributed by atoms with Gasteiger partial charge in [0.2, 0.25) is 0 Å². The minimum atomic E-state index is -0.246. The molecule has 3 rings (SSSR count). The van der Waals surface area contributed by atoms with Crippen LogP contribution in [-0.2, 0) is 9.53 Å². The van der Waals surface area contributed by atoms with Gasteiger partial charge in [0.15, 0.2) is 18.1 Å². The molecule has 1 N–H and O–H groups in total. The standard InChI is InChI=1S/C20H23NO5/c1-23-18-6-2-3-7-19(18)26-14-20(22)21-15-8-10-16(11-9-15)25-13-17-5-4-12-24-17/h2-3,6-11,17H,4-5,12-14H2,1H3,(H,21,22). The van der Waals surface area contributed by atoms with E-state index in [9.17, 15) is 4.79 Å². The number of nitrogens with one attached hydrogen (secondary N) is 1. The van der Waals surface area contributed by atoms with Crippen molar-refractivity contribution in [2.75, 3.05) is 32.2 Å². The second kappa shape index (κ2) is 9.10. The number of rotatable bonds is 8.